The Kier molecular flexibility index (Phi) is 2.97. The Morgan fingerprint density at radius 2 is 2.24 bits per heavy atom. The molecule has 3 nitrogen and oxygen atoms in total. The number of nitrogens with zero attached hydrogens (tertiary/aromatic N) is 1. The predicted octanol–water partition coefficient (Wildman–Crippen LogP) is 2.62. The van der Waals surface area contributed by atoms with Crippen LogP contribution in [0.5, 0.6) is 0 Å². The zero-order valence-corrected chi connectivity index (χ0v) is 10.5. The lowest BCUT2D eigenvalue weighted by Crippen LogP contribution is -2.24. The van der Waals surface area contributed by atoms with Gasteiger partial charge in [-0.2, -0.15) is 11.8 Å². The summed E-state index contributed by atoms with van der Waals surface area (Å²) in [7, 11) is 0. The van der Waals surface area contributed by atoms with Crippen LogP contribution >= 0.6 is 11.8 Å². The normalized spacial score (nSPS) is 20.8. The Labute approximate surface area is 104 Å². The van der Waals surface area contributed by atoms with Crippen molar-refractivity contribution in [1.29, 1.82) is 0 Å². The minimum atomic E-state index is 0.0253. The number of thioether (sulfide) groups is 1. The van der Waals surface area contributed by atoms with Gasteiger partial charge in [0.2, 0.25) is 0 Å². The summed E-state index contributed by atoms with van der Waals surface area (Å²) in [6, 6.07) is 7.92. The average molecular weight is 248 g/mol. The van der Waals surface area contributed by atoms with Gasteiger partial charge in [0, 0.05) is 11.8 Å². The summed E-state index contributed by atoms with van der Waals surface area (Å²) in [5.74, 6) is 1.24. The van der Waals surface area contributed by atoms with Gasteiger partial charge in [-0.3, -0.25) is 4.57 Å². The van der Waals surface area contributed by atoms with E-state index in [2.05, 4.69) is 4.98 Å². The van der Waals surface area contributed by atoms with Crippen molar-refractivity contribution in [2.45, 2.75) is 31.1 Å². The van der Waals surface area contributed by atoms with Crippen LogP contribution in [0.1, 0.15) is 19.3 Å². The highest BCUT2D eigenvalue weighted by Gasteiger charge is 2.16. The van der Waals surface area contributed by atoms with Gasteiger partial charge in [0.1, 0.15) is 0 Å². The van der Waals surface area contributed by atoms with E-state index in [-0.39, 0.29) is 5.69 Å². The number of aromatic nitrogens is 2. The highest BCUT2D eigenvalue weighted by Crippen LogP contribution is 2.26. The van der Waals surface area contributed by atoms with E-state index >= 15 is 0 Å². The second-order valence-corrected chi connectivity index (χ2v) is 5.95. The van der Waals surface area contributed by atoms with Crippen LogP contribution in [0.2, 0.25) is 0 Å². The molecule has 1 fully saturated rings. The summed E-state index contributed by atoms with van der Waals surface area (Å²) in [6.45, 7) is 0.841. The number of nitrogens with one attached hydrogen (secondary N) is 1. The summed E-state index contributed by atoms with van der Waals surface area (Å²) in [4.78, 5) is 14.8. The minimum absolute atomic E-state index is 0.0253. The zero-order chi connectivity index (χ0) is 11.7. The van der Waals surface area contributed by atoms with E-state index in [0.717, 1.165) is 17.6 Å². The molecule has 1 atom stereocenters. The molecule has 0 spiro atoms. The van der Waals surface area contributed by atoms with Crippen LogP contribution in [0.15, 0.2) is 29.1 Å². The van der Waals surface area contributed by atoms with Crippen molar-refractivity contribution < 1.29 is 0 Å². The van der Waals surface area contributed by atoms with Crippen molar-refractivity contribution in [1.82, 2.24) is 9.55 Å². The molecular formula is C13H16N2OS. The topological polar surface area (TPSA) is 37.8 Å². The number of benzene rings is 1. The van der Waals surface area contributed by atoms with Crippen molar-refractivity contribution in [2.24, 2.45) is 0 Å². The van der Waals surface area contributed by atoms with E-state index in [9.17, 15) is 4.79 Å². The van der Waals surface area contributed by atoms with Gasteiger partial charge in [-0.1, -0.05) is 18.6 Å². The van der Waals surface area contributed by atoms with Crippen molar-refractivity contribution in [2.75, 3.05) is 5.75 Å². The molecule has 1 aromatic carbocycles. The van der Waals surface area contributed by atoms with E-state index in [0.29, 0.717) is 5.25 Å². The fraction of sp³-hybridized carbons (Fsp3) is 0.462. The fourth-order valence-corrected chi connectivity index (χ4v) is 3.74. The molecule has 0 bridgehead atoms. The molecule has 1 aliphatic rings. The molecule has 1 N–H and O–H groups in total. The number of aromatic amines is 1. The first-order valence-corrected chi connectivity index (χ1v) is 7.18. The molecule has 17 heavy (non-hydrogen) atoms. The van der Waals surface area contributed by atoms with Gasteiger partial charge in [0.15, 0.2) is 0 Å². The summed E-state index contributed by atoms with van der Waals surface area (Å²) >= 11 is 2.01. The summed E-state index contributed by atoms with van der Waals surface area (Å²) in [5.41, 5.74) is 2.00. The Bertz CT molecular complexity index is 566. The van der Waals surface area contributed by atoms with E-state index in [1.165, 1.54) is 25.0 Å². The van der Waals surface area contributed by atoms with E-state index in [1.807, 2.05) is 40.6 Å². The van der Waals surface area contributed by atoms with E-state index in [1.54, 1.807) is 0 Å². The van der Waals surface area contributed by atoms with Crippen molar-refractivity contribution in [3.8, 4) is 0 Å². The van der Waals surface area contributed by atoms with Crippen LogP contribution in [0, 0.1) is 0 Å². The van der Waals surface area contributed by atoms with Crippen LogP contribution in [0.25, 0.3) is 11.0 Å². The molecule has 0 radical (unpaired) electrons. The Morgan fingerprint density at radius 3 is 3.06 bits per heavy atom. The van der Waals surface area contributed by atoms with Crippen LogP contribution in [0.4, 0.5) is 0 Å². The molecule has 3 rings (SSSR count). The predicted molar refractivity (Wildman–Crippen MR) is 72.7 cm³/mol. The summed E-state index contributed by atoms with van der Waals surface area (Å²) in [6.07, 6.45) is 3.86. The first kappa shape index (κ1) is 11.0. The standard InChI is InChI=1S/C13H16N2OS/c16-13-14-11-6-1-2-7-12(11)15(13)9-10-5-3-4-8-17-10/h1-2,6-7,10H,3-5,8-9H2,(H,14,16). The van der Waals surface area contributed by atoms with Crippen LogP contribution in [-0.2, 0) is 6.54 Å². The number of para-hydroxylation sites is 2. The first-order valence-electron chi connectivity index (χ1n) is 6.14. The smallest absolute Gasteiger partial charge is 0.306 e. The molecule has 1 unspecified atom stereocenters. The second-order valence-electron chi connectivity index (χ2n) is 4.55. The largest absolute Gasteiger partial charge is 0.326 e. The molecule has 90 valence electrons. The lowest BCUT2D eigenvalue weighted by Gasteiger charge is -2.21. The highest BCUT2D eigenvalue weighted by atomic mass is 32.2. The zero-order valence-electron chi connectivity index (χ0n) is 9.69. The maximum absolute atomic E-state index is 11.9. The minimum Gasteiger partial charge on any atom is -0.306 e. The number of imidazole rings is 1. The molecule has 1 saturated heterocycles. The highest BCUT2D eigenvalue weighted by molar-refractivity contribution is 7.99. The van der Waals surface area contributed by atoms with Gasteiger partial charge in [-0.25, -0.2) is 4.79 Å². The molecule has 2 heterocycles. The third kappa shape index (κ3) is 2.14. The Balaban J connectivity index is 1.93. The van der Waals surface area contributed by atoms with Gasteiger partial charge in [0.05, 0.1) is 11.0 Å². The third-order valence-corrected chi connectivity index (χ3v) is 4.72. The third-order valence-electron chi connectivity index (χ3n) is 3.34. The molecular weight excluding hydrogens is 232 g/mol. The molecule has 2 aromatic rings. The lowest BCUT2D eigenvalue weighted by atomic mass is 10.2. The molecule has 4 heteroatoms. The number of H-pyrrole nitrogens is 1. The van der Waals surface area contributed by atoms with Crippen molar-refractivity contribution >= 4 is 22.8 Å². The molecule has 0 aliphatic carbocycles. The van der Waals surface area contributed by atoms with Crippen molar-refractivity contribution in [3.63, 3.8) is 0 Å². The van der Waals surface area contributed by atoms with Crippen molar-refractivity contribution in [3.05, 3.63) is 34.7 Å². The van der Waals surface area contributed by atoms with E-state index < -0.39 is 0 Å². The molecule has 0 saturated carbocycles. The SMILES string of the molecule is O=c1[nH]c2ccccc2n1CC1CCCCS1. The summed E-state index contributed by atoms with van der Waals surface area (Å²) < 4.78 is 1.89. The molecule has 1 aromatic heterocycles. The first-order chi connectivity index (χ1) is 8.34. The van der Waals surface area contributed by atoms with Crippen LogP contribution in [0.3, 0.4) is 0 Å². The van der Waals surface area contributed by atoms with Gasteiger partial charge in [-0.15, -0.1) is 0 Å². The Hall–Kier alpha value is -1.16. The monoisotopic (exact) mass is 248 g/mol. The number of fused-ring (bicyclic) bond motifs is 1. The van der Waals surface area contributed by atoms with Gasteiger partial charge in [-0.05, 0) is 30.7 Å². The fourth-order valence-electron chi connectivity index (χ4n) is 2.44. The number of hydrogen-bond acceptors (Lipinski definition) is 2. The van der Waals surface area contributed by atoms with Crippen LogP contribution < -0.4 is 5.69 Å². The quantitative estimate of drug-likeness (QED) is 0.887. The van der Waals surface area contributed by atoms with Crippen LogP contribution in [-0.4, -0.2) is 20.6 Å². The van der Waals surface area contributed by atoms with Gasteiger partial charge < -0.3 is 4.98 Å². The summed E-state index contributed by atoms with van der Waals surface area (Å²) in [5, 5.41) is 0.598. The van der Waals surface area contributed by atoms with E-state index in [4.69, 9.17) is 0 Å². The molecule has 1 aliphatic heterocycles. The Morgan fingerprint density at radius 1 is 1.35 bits per heavy atom. The molecule has 0 amide bonds. The maximum Gasteiger partial charge on any atom is 0.326 e. The second kappa shape index (κ2) is 4.61. The van der Waals surface area contributed by atoms with Gasteiger partial charge >= 0.3 is 5.69 Å². The number of rotatable bonds is 2. The maximum atomic E-state index is 11.9. The average Bonchev–Trinajstić information content (AvgIpc) is 2.68. The lowest BCUT2D eigenvalue weighted by molar-refractivity contribution is 0.582. The number of hydrogen-bond donors (Lipinski definition) is 1. The van der Waals surface area contributed by atoms with Gasteiger partial charge in [0.25, 0.3) is 0 Å².